The minimum absolute atomic E-state index is 0.126. The molecule has 1 aromatic heterocycles. The average Bonchev–Trinajstić information content (AvgIpc) is 3.37. The number of nitrogens with one attached hydrogen (secondary N) is 1. The van der Waals surface area contributed by atoms with Crippen LogP contribution in [0.15, 0.2) is 18.2 Å². The zero-order valence-corrected chi connectivity index (χ0v) is 16.2. The molecule has 26 heavy (non-hydrogen) atoms. The van der Waals surface area contributed by atoms with E-state index in [1.54, 1.807) is 0 Å². The summed E-state index contributed by atoms with van der Waals surface area (Å²) in [6, 6.07) is 6.30. The molecular weight excluding hydrogens is 324 g/mol. The van der Waals surface area contributed by atoms with Gasteiger partial charge in [0.25, 0.3) is 5.91 Å². The highest BCUT2D eigenvalue weighted by Gasteiger charge is 2.33. The fourth-order valence-corrected chi connectivity index (χ4v) is 4.24. The number of rotatable bonds is 4. The lowest BCUT2D eigenvalue weighted by molar-refractivity contribution is 0.0706. The van der Waals surface area contributed by atoms with Crippen molar-refractivity contribution < 1.29 is 4.79 Å². The molecule has 5 nitrogen and oxygen atoms in total. The maximum absolute atomic E-state index is 13.3. The van der Waals surface area contributed by atoms with Crippen LogP contribution in [-0.4, -0.2) is 57.9 Å². The molecule has 2 fully saturated rings. The molecule has 2 aromatic rings. The highest BCUT2D eigenvalue weighted by atomic mass is 16.2. The number of benzene rings is 1. The molecule has 4 rings (SSSR count). The maximum Gasteiger partial charge on any atom is 0.256 e. The van der Waals surface area contributed by atoms with Crippen molar-refractivity contribution >= 4 is 16.9 Å². The first-order valence-corrected chi connectivity index (χ1v) is 10.0. The van der Waals surface area contributed by atoms with Crippen LogP contribution in [0.25, 0.3) is 11.0 Å². The van der Waals surface area contributed by atoms with Crippen LogP contribution >= 0.6 is 0 Å². The predicted octanol–water partition coefficient (Wildman–Crippen LogP) is 3.45. The molecule has 0 radical (unpaired) electrons. The van der Waals surface area contributed by atoms with E-state index >= 15 is 0 Å². The second kappa shape index (κ2) is 7.03. The zero-order valence-electron chi connectivity index (χ0n) is 16.2. The van der Waals surface area contributed by atoms with Crippen LogP contribution in [-0.2, 0) is 0 Å². The Morgan fingerprint density at radius 2 is 2.12 bits per heavy atom. The molecule has 1 aromatic carbocycles. The Morgan fingerprint density at radius 3 is 2.85 bits per heavy atom. The third-order valence-electron chi connectivity index (χ3n) is 5.86. The molecule has 140 valence electrons. The first-order chi connectivity index (χ1) is 12.5. The lowest BCUT2D eigenvalue weighted by atomic mass is 10.0. The van der Waals surface area contributed by atoms with Crippen LogP contribution < -0.4 is 0 Å². The quantitative estimate of drug-likeness (QED) is 0.915. The number of aromatic amines is 1. The van der Waals surface area contributed by atoms with Gasteiger partial charge >= 0.3 is 0 Å². The Bertz CT molecular complexity index is 792. The number of aryl methyl sites for hydroxylation is 1. The number of aromatic nitrogens is 2. The predicted molar refractivity (Wildman–Crippen MR) is 104 cm³/mol. The lowest BCUT2D eigenvalue weighted by Gasteiger charge is -2.34. The molecule has 0 spiro atoms. The van der Waals surface area contributed by atoms with Crippen molar-refractivity contribution in [3.05, 3.63) is 29.6 Å². The molecule has 1 amide bonds. The van der Waals surface area contributed by atoms with Crippen molar-refractivity contribution in [3.63, 3.8) is 0 Å². The van der Waals surface area contributed by atoms with E-state index < -0.39 is 0 Å². The molecule has 1 aliphatic heterocycles. The van der Waals surface area contributed by atoms with Crippen molar-refractivity contribution in [3.8, 4) is 0 Å². The Morgan fingerprint density at radius 1 is 1.31 bits per heavy atom. The van der Waals surface area contributed by atoms with Crippen LogP contribution in [0.3, 0.4) is 0 Å². The maximum atomic E-state index is 13.3. The number of fused-ring (bicyclic) bond motifs is 1. The minimum atomic E-state index is 0.126. The Kier molecular flexibility index (Phi) is 4.74. The van der Waals surface area contributed by atoms with Gasteiger partial charge in [-0.3, -0.25) is 9.69 Å². The van der Waals surface area contributed by atoms with Crippen LogP contribution in [0, 0.1) is 18.8 Å². The number of carbonyl (C=O) groups excluding carboxylic acids is 1. The number of carbonyl (C=O) groups is 1. The van der Waals surface area contributed by atoms with E-state index in [9.17, 15) is 4.79 Å². The number of imidazole rings is 1. The molecule has 0 bridgehead atoms. The lowest BCUT2D eigenvalue weighted by Crippen LogP contribution is -2.46. The number of nitrogens with zero attached hydrogens (tertiary/aromatic N) is 3. The molecule has 2 aliphatic rings. The van der Waals surface area contributed by atoms with E-state index in [0.29, 0.717) is 12.0 Å². The number of amides is 1. The van der Waals surface area contributed by atoms with E-state index in [1.807, 2.05) is 25.1 Å². The molecule has 2 heterocycles. The monoisotopic (exact) mass is 354 g/mol. The van der Waals surface area contributed by atoms with Crippen LogP contribution in [0.2, 0.25) is 0 Å². The standard InChI is InChI=1S/C21H30N4O/c1-14(2)19-13-25(11-5-10-24(19)12-16-8-9-16)21(26)17-6-4-7-18-20(17)23-15(3)22-18/h4,6-7,14,16,19H,5,8-13H2,1-3H3,(H,22,23)/t19-/m0/s1. The smallest absolute Gasteiger partial charge is 0.256 e. The summed E-state index contributed by atoms with van der Waals surface area (Å²) in [4.78, 5) is 25.8. The van der Waals surface area contributed by atoms with E-state index in [1.165, 1.54) is 19.4 Å². The molecular formula is C21H30N4O. The van der Waals surface area contributed by atoms with Gasteiger partial charge in [0.05, 0.1) is 11.1 Å². The molecule has 0 unspecified atom stereocenters. The Hall–Kier alpha value is -1.88. The second-order valence-corrected chi connectivity index (χ2v) is 8.38. The van der Waals surface area contributed by atoms with E-state index in [4.69, 9.17) is 0 Å². The summed E-state index contributed by atoms with van der Waals surface area (Å²) >= 11 is 0. The van der Waals surface area contributed by atoms with E-state index in [2.05, 4.69) is 33.6 Å². The third kappa shape index (κ3) is 3.50. The van der Waals surface area contributed by atoms with E-state index in [-0.39, 0.29) is 5.91 Å². The molecule has 5 heteroatoms. The number of H-pyrrole nitrogens is 1. The summed E-state index contributed by atoms with van der Waals surface area (Å²) in [6.07, 6.45) is 3.81. The van der Waals surface area contributed by atoms with Crippen LogP contribution in [0.1, 0.15) is 49.3 Å². The normalized spacial score (nSPS) is 22.2. The second-order valence-electron chi connectivity index (χ2n) is 8.38. The summed E-state index contributed by atoms with van der Waals surface area (Å²) in [6.45, 7) is 10.5. The summed E-state index contributed by atoms with van der Waals surface area (Å²) in [7, 11) is 0. The molecule has 1 saturated carbocycles. The van der Waals surface area contributed by atoms with Gasteiger partial charge in [0.1, 0.15) is 11.3 Å². The Labute approximate surface area is 155 Å². The fraction of sp³-hybridized carbons (Fsp3) is 0.619. The van der Waals surface area contributed by atoms with Gasteiger partial charge in [-0.15, -0.1) is 0 Å². The number of hydrogen-bond donors (Lipinski definition) is 1. The topological polar surface area (TPSA) is 52.2 Å². The van der Waals surface area contributed by atoms with Gasteiger partial charge in [0, 0.05) is 32.2 Å². The van der Waals surface area contributed by atoms with Gasteiger partial charge in [-0.2, -0.15) is 0 Å². The molecule has 1 N–H and O–H groups in total. The molecule has 1 aliphatic carbocycles. The van der Waals surface area contributed by atoms with Crippen molar-refractivity contribution in [1.82, 2.24) is 19.8 Å². The van der Waals surface area contributed by atoms with Gasteiger partial charge in [0.2, 0.25) is 0 Å². The van der Waals surface area contributed by atoms with Gasteiger partial charge in [0.15, 0.2) is 0 Å². The third-order valence-corrected chi connectivity index (χ3v) is 5.86. The van der Waals surface area contributed by atoms with Crippen LogP contribution in [0.4, 0.5) is 0 Å². The fourth-order valence-electron chi connectivity index (χ4n) is 4.24. The SMILES string of the molecule is Cc1nc2c(C(=O)N3CCCN(CC4CC4)[C@H](C(C)C)C3)cccc2[nH]1. The van der Waals surface area contributed by atoms with Crippen molar-refractivity contribution in [2.24, 2.45) is 11.8 Å². The minimum Gasteiger partial charge on any atom is -0.342 e. The number of para-hydroxylation sites is 1. The van der Waals surface area contributed by atoms with Crippen molar-refractivity contribution in [2.45, 2.75) is 46.1 Å². The largest absolute Gasteiger partial charge is 0.342 e. The first kappa shape index (κ1) is 17.5. The molecule has 1 saturated heterocycles. The highest BCUT2D eigenvalue weighted by Crippen LogP contribution is 2.32. The average molecular weight is 354 g/mol. The molecule has 1 atom stereocenters. The first-order valence-electron chi connectivity index (χ1n) is 10.0. The summed E-state index contributed by atoms with van der Waals surface area (Å²) in [5, 5.41) is 0. The van der Waals surface area contributed by atoms with Crippen molar-refractivity contribution in [2.75, 3.05) is 26.2 Å². The number of hydrogen-bond acceptors (Lipinski definition) is 3. The van der Waals surface area contributed by atoms with Gasteiger partial charge < -0.3 is 9.88 Å². The van der Waals surface area contributed by atoms with Gasteiger partial charge in [-0.1, -0.05) is 19.9 Å². The Balaban J connectivity index is 1.58. The summed E-state index contributed by atoms with van der Waals surface area (Å²) < 4.78 is 0. The highest BCUT2D eigenvalue weighted by molar-refractivity contribution is 6.04. The van der Waals surface area contributed by atoms with E-state index in [0.717, 1.165) is 54.4 Å². The van der Waals surface area contributed by atoms with Crippen LogP contribution in [0.5, 0.6) is 0 Å². The van der Waals surface area contributed by atoms with Crippen molar-refractivity contribution in [1.29, 1.82) is 0 Å². The summed E-state index contributed by atoms with van der Waals surface area (Å²) in [5.74, 6) is 2.41. The van der Waals surface area contributed by atoms with Gasteiger partial charge in [-0.25, -0.2) is 4.98 Å². The summed E-state index contributed by atoms with van der Waals surface area (Å²) in [5.41, 5.74) is 2.47. The zero-order chi connectivity index (χ0) is 18.3. The van der Waals surface area contributed by atoms with Gasteiger partial charge in [-0.05, 0) is 50.2 Å².